The van der Waals surface area contributed by atoms with Gasteiger partial charge in [-0.05, 0) is 30.2 Å². The Kier molecular flexibility index (Phi) is 6.59. The first-order chi connectivity index (χ1) is 12.3. The molecule has 26 heavy (non-hydrogen) atoms. The smallest absolute Gasteiger partial charge is 0.332 e. The van der Waals surface area contributed by atoms with Crippen molar-refractivity contribution in [2.45, 2.75) is 19.5 Å². The molecule has 0 bridgehead atoms. The molecule has 140 valence electrons. The van der Waals surface area contributed by atoms with Gasteiger partial charge in [-0.15, -0.1) is 0 Å². The Morgan fingerprint density at radius 3 is 2.50 bits per heavy atom. The molecule has 0 aliphatic carbocycles. The van der Waals surface area contributed by atoms with Gasteiger partial charge in [0, 0.05) is 13.6 Å². The van der Waals surface area contributed by atoms with E-state index in [9.17, 15) is 13.2 Å². The molecule has 0 spiro atoms. The largest absolute Gasteiger partial charge is 0.497 e. The zero-order valence-electron chi connectivity index (χ0n) is 15.0. The fourth-order valence-electron chi connectivity index (χ4n) is 2.31. The standard InChI is InChI=1S/C18H23N3O4S/c1-14(16-9-5-4-6-10-16)21(2)18(22)20-26(23,24)19-13-15-8-7-11-17(12-15)25-3/h4-12,14,19H,13H2,1-3H3,(H,20,22). The predicted octanol–water partition coefficient (Wildman–Crippen LogP) is 2.43. The Morgan fingerprint density at radius 1 is 1.15 bits per heavy atom. The van der Waals surface area contributed by atoms with Crippen molar-refractivity contribution in [2.24, 2.45) is 0 Å². The first-order valence-electron chi connectivity index (χ1n) is 8.04. The predicted molar refractivity (Wildman–Crippen MR) is 99.9 cm³/mol. The quantitative estimate of drug-likeness (QED) is 0.776. The highest BCUT2D eigenvalue weighted by Gasteiger charge is 2.21. The van der Waals surface area contributed by atoms with Gasteiger partial charge in [0.15, 0.2) is 0 Å². The number of nitrogens with zero attached hydrogens (tertiary/aromatic N) is 1. The Bertz CT molecular complexity index is 841. The minimum atomic E-state index is -3.99. The van der Waals surface area contributed by atoms with Crippen LogP contribution in [0.5, 0.6) is 5.75 Å². The van der Waals surface area contributed by atoms with Crippen LogP contribution < -0.4 is 14.2 Å². The summed E-state index contributed by atoms with van der Waals surface area (Å²) in [4.78, 5) is 13.6. The Balaban J connectivity index is 1.95. The molecule has 0 saturated carbocycles. The number of amides is 2. The number of nitrogens with one attached hydrogen (secondary N) is 2. The highest BCUT2D eigenvalue weighted by atomic mass is 32.2. The van der Waals surface area contributed by atoms with Gasteiger partial charge in [0.1, 0.15) is 5.75 Å². The molecule has 0 aliphatic heterocycles. The fourth-order valence-corrected chi connectivity index (χ4v) is 3.12. The molecule has 2 amide bonds. The van der Waals surface area contributed by atoms with E-state index < -0.39 is 16.2 Å². The molecular weight excluding hydrogens is 354 g/mol. The minimum absolute atomic E-state index is 0.0395. The molecule has 0 saturated heterocycles. The highest BCUT2D eigenvalue weighted by Crippen LogP contribution is 2.18. The summed E-state index contributed by atoms with van der Waals surface area (Å²) in [5.74, 6) is 0.627. The van der Waals surface area contributed by atoms with Gasteiger partial charge < -0.3 is 9.64 Å². The monoisotopic (exact) mass is 377 g/mol. The first kappa shape index (κ1) is 19.7. The number of hydrogen-bond acceptors (Lipinski definition) is 4. The van der Waals surface area contributed by atoms with E-state index >= 15 is 0 Å². The van der Waals surface area contributed by atoms with E-state index in [1.807, 2.05) is 42.0 Å². The van der Waals surface area contributed by atoms with E-state index in [-0.39, 0.29) is 12.6 Å². The summed E-state index contributed by atoms with van der Waals surface area (Å²) in [5, 5.41) is 0. The second kappa shape index (κ2) is 8.68. The van der Waals surface area contributed by atoms with Crippen LogP contribution in [0.15, 0.2) is 54.6 Å². The number of carbonyl (C=O) groups is 1. The van der Waals surface area contributed by atoms with E-state index in [1.165, 1.54) is 12.0 Å². The Hall–Kier alpha value is -2.58. The van der Waals surface area contributed by atoms with E-state index in [4.69, 9.17) is 4.74 Å². The van der Waals surface area contributed by atoms with Crippen LogP contribution in [0.1, 0.15) is 24.1 Å². The number of hydrogen-bond donors (Lipinski definition) is 2. The summed E-state index contributed by atoms with van der Waals surface area (Å²) in [6, 6.07) is 15.4. The van der Waals surface area contributed by atoms with Crippen molar-refractivity contribution in [2.75, 3.05) is 14.2 Å². The second-order valence-electron chi connectivity index (χ2n) is 5.78. The van der Waals surface area contributed by atoms with Gasteiger partial charge >= 0.3 is 16.2 Å². The third-order valence-electron chi connectivity index (χ3n) is 4.01. The lowest BCUT2D eigenvalue weighted by atomic mass is 10.1. The van der Waals surface area contributed by atoms with E-state index in [0.29, 0.717) is 11.3 Å². The van der Waals surface area contributed by atoms with Crippen molar-refractivity contribution in [1.29, 1.82) is 0 Å². The molecule has 0 heterocycles. The van der Waals surface area contributed by atoms with Gasteiger partial charge in [0.05, 0.1) is 13.2 Å². The van der Waals surface area contributed by atoms with Crippen LogP contribution in [0.4, 0.5) is 4.79 Å². The number of carbonyl (C=O) groups excluding carboxylic acids is 1. The van der Waals surface area contributed by atoms with Crippen LogP contribution in [0.25, 0.3) is 0 Å². The summed E-state index contributed by atoms with van der Waals surface area (Å²) < 4.78 is 33.7. The maximum absolute atomic E-state index is 12.3. The highest BCUT2D eigenvalue weighted by molar-refractivity contribution is 7.88. The van der Waals surface area contributed by atoms with Crippen molar-refractivity contribution in [1.82, 2.24) is 14.3 Å². The number of rotatable bonds is 7. The van der Waals surface area contributed by atoms with Crippen LogP contribution in [0.2, 0.25) is 0 Å². The summed E-state index contributed by atoms with van der Waals surface area (Å²) in [7, 11) is -0.910. The number of urea groups is 1. The zero-order valence-corrected chi connectivity index (χ0v) is 15.8. The van der Waals surface area contributed by atoms with Gasteiger partial charge in [-0.2, -0.15) is 13.1 Å². The molecule has 2 aromatic carbocycles. The zero-order chi connectivity index (χ0) is 19.2. The molecular formula is C18H23N3O4S. The summed E-state index contributed by atoms with van der Waals surface area (Å²) in [5.41, 5.74) is 1.63. The third-order valence-corrected chi connectivity index (χ3v) is 4.97. The van der Waals surface area contributed by atoms with Crippen LogP contribution >= 0.6 is 0 Å². The van der Waals surface area contributed by atoms with Crippen LogP contribution in [0.3, 0.4) is 0 Å². The van der Waals surface area contributed by atoms with E-state index in [1.54, 1.807) is 31.3 Å². The lowest BCUT2D eigenvalue weighted by Gasteiger charge is -2.25. The molecule has 1 atom stereocenters. The van der Waals surface area contributed by atoms with E-state index in [2.05, 4.69) is 4.72 Å². The minimum Gasteiger partial charge on any atom is -0.497 e. The van der Waals surface area contributed by atoms with Gasteiger partial charge in [0.25, 0.3) is 0 Å². The second-order valence-corrected chi connectivity index (χ2v) is 7.28. The van der Waals surface area contributed by atoms with Crippen molar-refractivity contribution >= 4 is 16.2 Å². The molecule has 2 N–H and O–H groups in total. The van der Waals surface area contributed by atoms with Crippen LogP contribution in [-0.4, -0.2) is 33.5 Å². The molecule has 2 rings (SSSR count). The number of benzene rings is 2. The topological polar surface area (TPSA) is 87.7 Å². The fraction of sp³-hybridized carbons (Fsp3) is 0.278. The van der Waals surface area contributed by atoms with Crippen LogP contribution in [-0.2, 0) is 16.8 Å². The molecule has 0 fully saturated rings. The summed E-state index contributed by atoms with van der Waals surface area (Å²) in [6.45, 7) is 1.86. The van der Waals surface area contributed by atoms with Crippen molar-refractivity contribution < 1.29 is 17.9 Å². The van der Waals surface area contributed by atoms with Crippen molar-refractivity contribution in [3.05, 3.63) is 65.7 Å². The Labute approximate surface area is 154 Å². The lowest BCUT2D eigenvalue weighted by Crippen LogP contribution is -2.46. The first-order valence-corrected chi connectivity index (χ1v) is 9.53. The average molecular weight is 377 g/mol. The SMILES string of the molecule is COc1cccc(CNS(=O)(=O)NC(=O)N(C)C(C)c2ccccc2)c1. The van der Waals surface area contributed by atoms with E-state index in [0.717, 1.165) is 5.56 Å². The maximum atomic E-state index is 12.3. The molecule has 0 radical (unpaired) electrons. The van der Waals surface area contributed by atoms with Gasteiger partial charge in [-0.25, -0.2) is 9.52 Å². The Morgan fingerprint density at radius 2 is 1.85 bits per heavy atom. The van der Waals surface area contributed by atoms with Gasteiger partial charge in [-0.1, -0.05) is 42.5 Å². The third kappa shape index (κ3) is 5.47. The molecule has 2 aromatic rings. The average Bonchev–Trinajstić information content (AvgIpc) is 2.65. The normalized spacial score (nSPS) is 12.3. The van der Waals surface area contributed by atoms with Gasteiger partial charge in [-0.3, -0.25) is 0 Å². The molecule has 7 nitrogen and oxygen atoms in total. The van der Waals surface area contributed by atoms with Crippen molar-refractivity contribution in [3.8, 4) is 5.75 Å². The maximum Gasteiger partial charge on any atom is 0.332 e. The van der Waals surface area contributed by atoms with Crippen LogP contribution in [0, 0.1) is 0 Å². The molecule has 8 heteroatoms. The van der Waals surface area contributed by atoms with Crippen molar-refractivity contribution in [3.63, 3.8) is 0 Å². The summed E-state index contributed by atoms with van der Waals surface area (Å²) >= 11 is 0. The molecule has 0 aliphatic rings. The lowest BCUT2D eigenvalue weighted by molar-refractivity contribution is 0.200. The summed E-state index contributed by atoms with van der Waals surface area (Å²) in [6.07, 6.45) is 0. The van der Waals surface area contributed by atoms with Gasteiger partial charge in [0.2, 0.25) is 0 Å². The number of methoxy groups -OCH3 is 1. The number of ether oxygens (including phenoxy) is 1. The molecule has 1 unspecified atom stereocenters. The molecule has 0 aromatic heterocycles.